The number of rotatable bonds is 0. The topological polar surface area (TPSA) is 9.23 Å². The van der Waals surface area contributed by atoms with Crippen LogP contribution in [0.15, 0.2) is 11.8 Å². The Bertz CT molecular complexity index is 295. The van der Waals surface area contributed by atoms with Crippen LogP contribution in [0.5, 0.6) is 0 Å². The van der Waals surface area contributed by atoms with Gasteiger partial charge in [-0.15, -0.1) is 0 Å². The maximum atomic E-state index is 6.10. The van der Waals surface area contributed by atoms with Crippen molar-refractivity contribution < 1.29 is 4.74 Å². The van der Waals surface area contributed by atoms with E-state index in [0.717, 1.165) is 12.2 Å². The minimum Gasteiger partial charge on any atom is -0.492 e. The van der Waals surface area contributed by atoms with Crippen molar-refractivity contribution in [2.24, 2.45) is 11.3 Å². The van der Waals surface area contributed by atoms with E-state index in [1.54, 1.807) is 0 Å². The molecule has 15 heavy (non-hydrogen) atoms. The number of hydrogen-bond donors (Lipinski definition) is 0. The standard InChI is InChI=1S/C13H21BrO/c1-9-5-6-10-12(2,3)11(14)7-8-13(10,4)15-9/h5,10-11H,6-8H2,1-4H3/t10-,11-,13-/m0/s1. The Kier molecular flexibility index (Phi) is 2.69. The number of hydrogen-bond acceptors (Lipinski definition) is 1. The molecule has 1 nitrogen and oxygen atoms in total. The lowest BCUT2D eigenvalue weighted by Gasteiger charge is -2.54. The fourth-order valence-corrected chi connectivity index (χ4v) is 3.88. The van der Waals surface area contributed by atoms with Gasteiger partial charge in [0.25, 0.3) is 0 Å². The summed E-state index contributed by atoms with van der Waals surface area (Å²) in [6.07, 6.45) is 5.80. The molecule has 0 aromatic carbocycles. The first kappa shape index (κ1) is 11.5. The number of ether oxygens (including phenoxy) is 1. The van der Waals surface area contributed by atoms with Crippen LogP contribution in [-0.2, 0) is 4.74 Å². The van der Waals surface area contributed by atoms with E-state index in [-0.39, 0.29) is 5.60 Å². The first-order chi connectivity index (χ1) is 6.86. The third-order valence-corrected chi connectivity index (χ3v) is 6.01. The van der Waals surface area contributed by atoms with Crippen molar-refractivity contribution in [3.63, 3.8) is 0 Å². The van der Waals surface area contributed by atoms with Gasteiger partial charge in [-0.1, -0.05) is 29.8 Å². The largest absolute Gasteiger partial charge is 0.492 e. The van der Waals surface area contributed by atoms with E-state index < -0.39 is 0 Å². The Morgan fingerprint density at radius 3 is 2.73 bits per heavy atom. The summed E-state index contributed by atoms with van der Waals surface area (Å²) in [7, 11) is 0. The normalized spacial score (nSPS) is 43.9. The summed E-state index contributed by atoms with van der Waals surface area (Å²) in [5, 5.41) is 0. The molecule has 0 bridgehead atoms. The van der Waals surface area contributed by atoms with Crippen LogP contribution in [-0.4, -0.2) is 10.4 Å². The zero-order valence-electron chi connectivity index (χ0n) is 10.1. The first-order valence-electron chi connectivity index (χ1n) is 5.86. The van der Waals surface area contributed by atoms with E-state index in [1.165, 1.54) is 12.8 Å². The average Bonchev–Trinajstić information content (AvgIpc) is 2.11. The maximum Gasteiger partial charge on any atom is 0.109 e. The van der Waals surface area contributed by atoms with Gasteiger partial charge in [-0.05, 0) is 44.6 Å². The third kappa shape index (κ3) is 1.75. The van der Waals surface area contributed by atoms with Gasteiger partial charge in [0.05, 0.1) is 5.76 Å². The van der Waals surface area contributed by atoms with Crippen LogP contribution in [0.2, 0.25) is 0 Å². The van der Waals surface area contributed by atoms with Gasteiger partial charge in [-0.2, -0.15) is 0 Å². The van der Waals surface area contributed by atoms with Crippen molar-refractivity contribution in [2.45, 2.75) is 57.4 Å². The molecule has 2 rings (SSSR count). The molecule has 3 atom stereocenters. The molecule has 1 saturated carbocycles. The molecule has 1 heterocycles. The Hall–Kier alpha value is 0.0200. The second kappa shape index (κ2) is 3.51. The number of halogens is 1. The average molecular weight is 273 g/mol. The number of fused-ring (bicyclic) bond motifs is 1. The second-order valence-corrected chi connectivity index (χ2v) is 6.95. The summed E-state index contributed by atoms with van der Waals surface area (Å²) < 4.78 is 6.10. The molecule has 0 radical (unpaired) electrons. The Balaban J connectivity index is 2.33. The number of allylic oxidation sites excluding steroid dienone is 2. The Morgan fingerprint density at radius 2 is 2.07 bits per heavy atom. The minimum absolute atomic E-state index is 0.0621. The Labute approximate surface area is 101 Å². The van der Waals surface area contributed by atoms with Crippen molar-refractivity contribution in [3.8, 4) is 0 Å². The smallest absolute Gasteiger partial charge is 0.109 e. The molecule has 86 valence electrons. The second-order valence-electron chi connectivity index (χ2n) is 5.85. The van der Waals surface area contributed by atoms with E-state index in [4.69, 9.17) is 4.74 Å². The fraction of sp³-hybridized carbons (Fsp3) is 0.846. The molecular weight excluding hydrogens is 252 g/mol. The molecule has 0 aromatic rings. The van der Waals surface area contributed by atoms with Crippen LogP contribution >= 0.6 is 15.9 Å². The van der Waals surface area contributed by atoms with Gasteiger partial charge in [-0.3, -0.25) is 0 Å². The monoisotopic (exact) mass is 272 g/mol. The van der Waals surface area contributed by atoms with Crippen molar-refractivity contribution in [1.29, 1.82) is 0 Å². The van der Waals surface area contributed by atoms with Gasteiger partial charge in [0.15, 0.2) is 0 Å². The fourth-order valence-electron chi connectivity index (χ4n) is 3.33. The van der Waals surface area contributed by atoms with Crippen LogP contribution in [0, 0.1) is 11.3 Å². The summed E-state index contributed by atoms with van der Waals surface area (Å²) in [4.78, 5) is 0.624. The molecule has 0 amide bonds. The molecule has 0 spiro atoms. The predicted molar refractivity (Wildman–Crippen MR) is 67.1 cm³/mol. The van der Waals surface area contributed by atoms with Gasteiger partial charge in [0.1, 0.15) is 5.60 Å². The van der Waals surface area contributed by atoms with E-state index in [9.17, 15) is 0 Å². The molecule has 0 unspecified atom stereocenters. The molecule has 0 N–H and O–H groups in total. The zero-order chi connectivity index (χ0) is 11.3. The van der Waals surface area contributed by atoms with E-state index >= 15 is 0 Å². The summed E-state index contributed by atoms with van der Waals surface area (Å²) >= 11 is 3.83. The minimum atomic E-state index is 0.0621. The summed E-state index contributed by atoms with van der Waals surface area (Å²) in [5.41, 5.74) is 0.386. The van der Waals surface area contributed by atoms with E-state index in [2.05, 4.69) is 49.7 Å². The van der Waals surface area contributed by atoms with E-state index in [0.29, 0.717) is 16.2 Å². The van der Waals surface area contributed by atoms with Crippen LogP contribution < -0.4 is 0 Å². The van der Waals surface area contributed by atoms with Crippen LogP contribution in [0.1, 0.15) is 47.0 Å². The predicted octanol–water partition coefficient (Wildman–Crippen LogP) is 4.27. The lowest BCUT2D eigenvalue weighted by molar-refractivity contribution is -0.113. The molecule has 0 saturated heterocycles. The molecule has 1 fully saturated rings. The highest BCUT2D eigenvalue weighted by atomic mass is 79.9. The summed E-state index contributed by atoms with van der Waals surface area (Å²) in [5.74, 6) is 1.74. The molecule has 1 aliphatic heterocycles. The quantitative estimate of drug-likeness (QED) is 0.599. The highest BCUT2D eigenvalue weighted by Gasteiger charge is 2.52. The lowest BCUT2D eigenvalue weighted by atomic mass is 9.60. The van der Waals surface area contributed by atoms with Crippen molar-refractivity contribution >= 4 is 15.9 Å². The van der Waals surface area contributed by atoms with Gasteiger partial charge in [-0.25, -0.2) is 0 Å². The first-order valence-corrected chi connectivity index (χ1v) is 6.78. The van der Waals surface area contributed by atoms with Crippen LogP contribution in [0.4, 0.5) is 0 Å². The SMILES string of the molecule is CC1=CC[C@H]2C(C)(C)[C@@H](Br)CC[C@]2(C)O1. The molecule has 2 heteroatoms. The van der Waals surface area contributed by atoms with Crippen molar-refractivity contribution in [3.05, 3.63) is 11.8 Å². The van der Waals surface area contributed by atoms with Gasteiger partial charge < -0.3 is 4.74 Å². The van der Waals surface area contributed by atoms with Crippen LogP contribution in [0.25, 0.3) is 0 Å². The summed E-state index contributed by atoms with van der Waals surface area (Å²) in [6, 6.07) is 0. The highest BCUT2D eigenvalue weighted by Crippen LogP contribution is 2.54. The zero-order valence-corrected chi connectivity index (χ0v) is 11.7. The third-order valence-electron chi connectivity index (χ3n) is 4.37. The van der Waals surface area contributed by atoms with Gasteiger partial charge in [0.2, 0.25) is 0 Å². The molecular formula is C13H21BrO. The van der Waals surface area contributed by atoms with Crippen molar-refractivity contribution in [2.75, 3.05) is 0 Å². The van der Waals surface area contributed by atoms with Gasteiger partial charge in [0, 0.05) is 10.7 Å². The highest BCUT2D eigenvalue weighted by molar-refractivity contribution is 9.09. The van der Waals surface area contributed by atoms with Crippen LogP contribution in [0.3, 0.4) is 0 Å². The lowest BCUT2D eigenvalue weighted by Crippen LogP contribution is -2.54. The number of alkyl halides is 1. The van der Waals surface area contributed by atoms with Gasteiger partial charge >= 0.3 is 0 Å². The van der Waals surface area contributed by atoms with E-state index in [1.807, 2.05) is 0 Å². The van der Waals surface area contributed by atoms with Crippen molar-refractivity contribution in [1.82, 2.24) is 0 Å². The molecule has 2 aliphatic rings. The summed E-state index contributed by atoms with van der Waals surface area (Å²) in [6.45, 7) is 9.10. The Morgan fingerprint density at radius 1 is 1.40 bits per heavy atom. The molecule has 1 aliphatic carbocycles. The molecule has 0 aromatic heterocycles. The maximum absolute atomic E-state index is 6.10.